The average Bonchev–Trinajstić information content (AvgIpc) is 3.13. The van der Waals surface area contributed by atoms with E-state index in [1.54, 1.807) is 18.2 Å². The van der Waals surface area contributed by atoms with Crippen LogP contribution >= 0.6 is 11.6 Å². The Bertz CT molecular complexity index is 1060. The lowest BCUT2D eigenvalue weighted by molar-refractivity contribution is 0.0551. The van der Waals surface area contributed by atoms with Gasteiger partial charge < -0.3 is 4.52 Å². The average molecular weight is 413 g/mol. The van der Waals surface area contributed by atoms with Gasteiger partial charge >= 0.3 is 11.3 Å². The van der Waals surface area contributed by atoms with Crippen molar-refractivity contribution in [3.05, 3.63) is 66.1 Å². The van der Waals surface area contributed by atoms with E-state index in [0.29, 0.717) is 5.56 Å². The second-order valence-corrected chi connectivity index (χ2v) is 7.96. The molecule has 1 aromatic heterocycles. The summed E-state index contributed by atoms with van der Waals surface area (Å²) >= 11 is 4.81. The van der Waals surface area contributed by atoms with E-state index in [4.69, 9.17) is 11.6 Å². The standard InChI is InChI=1S/C17H11ClF2N2O4S/c18-17(19,20)16-21-15(22-26-16)12-8-6-11(7-9-12)14(23)10-27(24,25)13-4-2-1-3-5-13/h1-9H,10H2. The van der Waals surface area contributed by atoms with Crippen LogP contribution in [0.1, 0.15) is 16.2 Å². The molecule has 0 saturated carbocycles. The zero-order chi connectivity index (χ0) is 19.7. The van der Waals surface area contributed by atoms with Gasteiger partial charge in [-0.25, -0.2) is 8.42 Å². The van der Waals surface area contributed by atoms with Crippen LogP contribution in [0, 0.1) is 0 Å². The lowest BCUT2D eigenvalue weighted by atomic mass is 10.1. The fourth-order valence-corrected chi connectivity index (χ4v) is 3.56. The molecular formula is C17H11ClF2N2O4S. The Morgan fingerprint density at radius 3 is 2.26 bits per heavy atom. The Labute approximate surface area is 157 Å². The van der Waals surface area contributed by atoms with Crippen molar-refractivity contribution in [3.8, 4) is 11.4 Å². The normalized spacial score (nSPS) is 12.1. The van der Waals surface area contributed by atoms with Crippen LogP contribution in [-0.4, -0.2) is 30.1 Å². The van der Waals surface area contributed by atoms with Gasteiger partial charge in [-0.05, 0) is 23.7 Å². The van der Waals surface area contributed by atoms with E-state index in [1.165, 1.54) is 36.4 Å². The monoisotopic (exact) mass is 412 g/mol. The van der Waals surface area contributed by atoms with E-state index in [2.05, 4.69) is 14.7 Å². The van der Waals surface area contributed by atoms with Crippen LogP contribution in [0.4, 0.5) is 8.78 Å². The second-order valence-electron chi connectivity index (χ2n) is 5.49. The first-order valence-corrected chi connectivity index (χ1v) is 9.52. The maximum Gasteiger partial charge on any atom is 0.400 e. The zero-order valence-electron chi connectivity index (χ0n) is 13.5. The van der Waals surface area contributed by atoms with E-state index in [1.807, 2.05) is 0 Å². The van der Waals surface area contributed by atoms with Gasteiger partial charge in [-0.1, -0.05) is 47.6 Å². The summed E-state index contributed by atoms with van der Waals surface area (Å²) in [5.41, 5.74) is 0.443. The maximum atomic E-state index is 12.9. The second kappa shape index (κ2) is 7.16. The fourth-order valence-electron chi connectivity index (χ4n) is 2.23. The molecule has 0 amide bonds. The number of halogens is 3. The summed E-state index contributed by atoms with van der Waals surface area (Å²) in [5.74, 6) is -2.48. The van der Waals surface area contributed by atoms with Gasteiger partial charge in [0.2, 0.25) is 5.82 Å². The van der Waals surface area contributed by atoms with E-state index in [9.17, 15) is 22.0 Å². The number of aromatic nitrogens is 2. The first kappa shape index (κ1) is 19.1. The van der Waals surface area contributed by atoms with Crippen molar-refractivity contribution >= 4 is 27.2 Å². The summed E-state index contributed by atoms with van der Waals surface area (Å²) in [7, 11) is -3.77. The minimum Gasteiger partial charge on any atom is -0.331 e. The van der Waals surface area contributed by atoms with Gasteiger partial charge in [-0.3, -0.25) is 4.79 Å². The molecule has 0 bridgehead atoms. The van der Waals surface area contributed by atoms with Crippen LogP contribution in [0.3, 0.4) is 0 Å². The summed E-state index contributed by atoms with van der Waals surface area (Å²) in [5, 5.41) is -0.390. The molecule has 27 heavy (non-hydrogen) atoms. The number of hydrogen-bond donors (Lipinski definition) is 0. The Morgan fingerprint density at radius 2 is 1.70 bits per heavy atom. The lowest BCUT2D eigenvalue weighted by Crippen LogP contribution is -2.16. The van der Waals surface area contributed by atoms with Crippen LogP contribution < -0.4 is 0 Å². The van der Waals surface area contributed by atoms with Crippen molar-refractivity contribution in [2.75, 3.05) is 5.75 Å². The number of carbonyl (C=O) groups excluding carboxylic acids is 1. The first-order valence-electron chi connectivity index (χ1n) is 7.49. The molecule has 140 valence electrons. The van der Waals surface area contributed by atoms with Gasteiger partial charge in [0.1, 0.15) is 5.75 Å². The van der Waals surface area contributed by atoms with Crippen LogP contribution in [0.5, 0.6) is 0 Å². The number of sulfone groups is 1. The molecule has 0 spiro atoms. The van der Waals surface area contributed by atoms with Gasteiger partial charge in [-0.2, -0.15) is 13.8 Å². The van der Waals surface area contributed by atoms with Crippen LogP contribution in [-0.2, 0) is 15.2 Å². The molecule has 0 unspecified atom stereocenters. The number of hydrogen-bond acceptors (Lipinski definition) is 6. The van der Waals surface area contributed by atoms with E-state index >= 15 is 0 Å². The number of alkyl halides is 3. The van der Waals surface area contributed by atoms with Gasteiger partial charge in [-0.15, -0.1) is 0 Å². The molecule has 0 fully saturated rings. The topological polar surface area (TPSA) is 90.1 Å². The molecule has 3 aromatic rings. The number of carbonyl (C=O) groups is 1. The molecule has 0 aliphatic carbocycles. The number of nitrogens with zero attached hydrogens (tertiary/aromatic N) is 2. The predicted octanol–water partition coefficient (Wildman–Crippen LogP) is 3.68. The van der Waals surface area contributed by atoms with Gasteiger partial charge in [0.25, 0.3) is 0 Å². The maximum absolute atomic E-state index is 12.9. The minimum absolute atomic E-state index is 0.0521. The predicted molar refractivity (Wildman–Crippen MR) is 92.3 cm³/mol. The molecule has 0 aliphatic rings. The minimum atomic E-state index is -3.78. The van der Waals surface area contributed by atoms with E-state index in [-0.39, 0.29) is 16.3 Å². The molecule has 1 heterocycles. The SMILES string of the molecule is O=C(CS(=O)(=O)c1ccccc1)c1ccc(-c2noc(C(F)(F)Cl)n2)cc1. The summed E-state index contributed by atoms with van der Waals surface area (Å²) < 4.78 is 54.8. The van der Waals surface area contributed by atoms with Crippen LogP contribution in [0.15, 0.2) is 64.0 Å². The van der Waals surface area contributed by atoms with Crippen molar-refractivity contribution in [1.29, 1.82) is 0 Å². The largest absolute Gasteiger partial charge is 0.400 e. The summed E-state index contributed by atoms with van der Waals surface area (Å²) in [6.45, 7) is 0. The molecular weight excluding hydrogens is 402 g/mol. The third-order valence-electron chi connectivity index (χ3n) is 3.56. The summed E-state index contributed by atoms with van der Waals surface area (Å²) in [6.07, 6.45) is 0. The van der Waals surface area contributed by atoms with Crippen LogP contribution in [0.25, 0.3) is 11.4 Å². The van der Waals surface area contributed by atoms with E-state index < -0.39 is 32.6 Å². The molecule has 0 N–H and O–H groups in total. The third-order valence-corrected chi connectivity index (χ3v) is 5.35. The van der Waals surface area contributed by atoms with Crippen molar-refractivity contribution in [3.63, 3.8) is 0 Å². The number of rotatable bonds is 6. The van der Waals surface area contributed by atoms with Crippen molar-refractivity contribution in [1.82, 2.24) is 10.1 Å². The van der Waals surface area contributed by atoms with Crippen LogP contribution in [0.2, 0.25) is 0 Å². The molecule has 0 atom stereocenters. The lowest BCUT2D eigenvalue weighted by Gasteiger charge is -2.04. The number of benzene rings is 2. The number of Topliss-reactive ketones (excluding diaryl/α,β-unsaturated/α-hetero) is 1. The Morgan fingerprint density at radius 1 is 1.07 bits per heavy atom. The van der Waals surface area contributed by atoms with Gasteiger partial charge in [0.15, 0.2) is 15.6 Å². The smallest absolute Gasteiger partial charge is 0.331 e. The quantitative estimate of drug-likeness (QED) is 0.453. The van der Waals surface area contributed by atoms with Crippen molar-refractivity contribution < 1.29 is 26.5 Å². The van der Waals surface area contributed by atoms with Crippen molar-refractivity contribution in [2.45, 2.75) is 10.3 Å². The zero-order valence-corrected chi connectivity index (χ0v) is 15.0. The Hall–Kier alpha value is -2.65. The third kappa shape index (κ3) is 4.37. The van der Waals surface area contributed by atoms with Crippen molar-refractivity contribution in [2.24, 2.45) is 0 Å². The Balaban J connectivity index is 1.77. The molecule has 6 nitrogen and oxygen atoms in total. The Kier molecular flexibility index (Phi) is 5.07. The highest BCUT2D eigenvalue weighted by atomic mass is 35.5. The first-order chi connectivity index (χ1) is 12.7. The fraction of sp³-hybridized carbons (Fsp3) is 0.118. The molecule has 0 saturated heterocycles. The molecule has 2 aromatic carbocycles. The van der Waals surface area contributed by atoms with E-state index in [0.717, 1.165) is 0 Å². The number of ketones is 1. The summed E-state index contributed by atoms with van der Waals surface area (Å²) in [4.78, 5) is 15.8. The molecule has 0 radical (unpaired) electrons. The highest BCUT2D eigenvalue weighted by Gasteiger charge is 2.35. The summed E-state index contributed by atoms with van der Waals surface area (Å²) in [6, 6.07) is 13.1. The van der Waals surface area contributed by atoms with Gasteiger partial charge in [0.05, 0.1) is 4.90 Å². The highest BCUT2D eigenvalue weighted by molar-refractivity contribution is 7.92. The highest BCUT2D eigenvalue weighted by Crippen LogP contribution is 2.32. The molecule has 3 rings (SSSR count). The van der Waals surface area contributed by atoms with Gasteiger partial charge in [0, 0.05) is 11.1 Å². The molecule has 10 heteroatoms. The molecule has 0 aliphatic heterocycles.